The Labute approximate surface area is 134 Å². The van der Waals surface area contributed by atoms with Gasteiger partial charge in [0.05, 0.1) is 9.98 Å². The van der Waals surface area contributed by atoms with Gasteiger partial charge in [-0.3, -0.25) is 4.79 Å². The molecule has 0 fully saturated rings. The minimum Gasteiger partial charge on any atom is -0.431 e. The standard InChI is InChI=1S/C16H10BrNO2S/c17-14-10-18-16(21-14)20-13-8-4-7-12(9-13)15(19)11-5-2-1-3-6-11/h1-10H. The number of halogens is 1. The monoisotopic (exact) mass is 359 g/mol. The fourth-order valence-corrected chi connectivity index (χ4v) is 2.88. The Morgan fingerprint density at radius 1 is 1.05 bits per heavy atom. The number of ketones is 1. The molecule has 0 unspecified atom stereocenters. The third-order valence-electron chi connectivity index (χ3n) is 2.79. The molecule has 0 spiro atoms. The number of aromatic nitrogens is 1. The first-order chi connectivity index (χ1) is 10.2. The van der Waals surface area contributed by atoms with E-state index in [0.717, 1.165) is 3.79 Å². The van der Waals surface area contributed by atoms with E-state index in [-0.39, 0.29) is 5.78 Å². The van der Waals surface area contributed by atoms with E-state index >= 15 is 0 Å². The van der Waals surface area contributed by atoms with Crippen LogP contribution in [-0.2, 0) is 0 Å². The lowest BCUT2D eigenvalue weighted by molar-refractivity contribution is 0.103. The normalized spacial score (nSPS) is 10.3. The van der Waals surface area contributed by atoms with E-state index in [1.807, 2.05) is 18.2 Å². The number of rotatable bonds is 4. The molecule has 21 heavy (non-hydrogen) atoms. The maximum Gasteiger partial charge on any atom is 0.279 e. The van der Waals surface area contributed by atoms with Crippen LogP contribution in [0, 0.1) is 0 Å². The van der Waals surface area contributed by atoms with E-state index in [1.54, 1.807) is 42.6 Å². The van der Waals surface area contributed by atoms with E-state index in [9.17, 15) is 4.79 Å². The third kappa shape index (κ3) is 3.37. The van der Waals surface area contributed by atoms with Crippen molar-refractivity contribution in [3.63, 3.8) is 0 Å². The maximum absolute atomic E-state index is 12.4. The SMILES string of the molecule is O=C(c1ccccc1)c1cccc(Oc2ncc(Br)s2)c1. The molecule has 0 saturated carbocycles. The first kappa shape index (κ1) is 14.0. The number of hydrogen-bond donors (Lipinski definition) is 0. The average Bonchev–Trinajstić information content (AvgIpc) is 2.93. The number of hydrogen-bond acceptors (Lipinski definition) is 4. The Hall–Kier alpha value is -1.98. The number of thiazole rings is 1. The van der Waals surface area contributed by atoms with Crippen LogP contribution in [0.25, 0.3) is 0 Å². The van der Waals surface area contributed by atoms with Crippen LogP contribution in [0.1, 0.15) is 15.9 Å². The number of benzene rings is 2. The first-order valence-electron chi connectivity index (χ1n) is 6.21. The zero-order valence-electron chi connectivity index (χ0n) is 10.8. The van der Waals surface area contributed by atoms with Gasteiger partial charge in [-0.25, -0.2) is 4.98 Å². The van der Waals surface area contributed by atoms with Crippen LogP contribution in [0.15, 0.2) is 64.6 Å². The van der Waals surface area contributed by atoms with Crippen molar-refractivity contribution in [3.05, 3.63) is 75.7 Å². The van der Waals surface area contributed by atoms with Gasteiger partial charge in [0.15, 0.2) is 5.78 Å². The highest BCUT2D eigenvalue weighted by molar-refractivity contribution is 9.11. The number of nitrogens with zero attached hydrogens (tertiary/aromatic N) is 1. The predicted octanol–water partition coefficient (Wildman–Crippen LogP) is 4.93. The highest BCUT2D eigenvalue weighted by Gasteiger charge is 2.10. The van der Waals surface area contributed by atoms with Crippen molar-refractivity contribution in [1.82, 2.24) is 4.98 Å². The van der Waals surface area contributed by atoms with E-state index in [2.05, 4.69) is 20.9 Å². The molecule has 0 radical (unpaired) electrons. The second kappa shape index (κ2) is 6.20. The molecule has 2 aromatic carbocycles. The molecule has 0 aliphatic heterocycles. The van der Waals surface area contributed by atoms with Crippen molar-refractivity contribution >= 4 is 33.0 Å². The number of ether oxygens (including phenoxy) is 1. The fourth-order valence-electron chi connectivity index (χ4n) is 1.84. The topological polar surface area (TPSA) is 39.2 Å². The molecule has 5 heteroatoms. The van der Waals surface area contributed by atoms with Gasteiger partial charge in [-0.1, -0.05) is 53.8 Å². The molecule has 1 aromatic heterocycles. The summed E-state index contributed by atoms with van der Waals surface area (Å²) in [5, 5.41) is 0.534. The van der Waals surface area contributed by atoms with Crippen molar-refractivity contribution in [1.29, 1.82) is 0 Å². The first-order valence-corrected chi connectivity index (χ1v) is 7.82. The lowest BCUT2D eigenvalue weighted by atomic mass is 10.0. The Balaban J connectivity index is 1.85. The van der Waals surface area contributed by atoms with Gasteiger partial charge in [-0.2, -0.15) is 0 Å². The molecule has 3 aromatic rings. The van der Waals surface area contributed by atoms with Crippen LogP contribution in [0.3, 0.4) is 0 Å². The van der Waals surface area contributed by atoms with Gasteiger partial charge in [0, 0.05) is 11.1 Å². The van der Waals surface area contributed by atoms with Gasteiger partial charge in [0.2, 0.25) is 0 Å². The molecular weight excluding hydrogens is 350 g/mol. The zero-order valence-corrected chi connectivity index (χ0v) is 13.2. The molecule has 104 valence electrons. The van der Waals surface area contributed by atoms with Crippen molar-refractivity contribution < 1.29 is 9.53 Å². The lowest BCUT2D eigenvalue weighted by Crippen LogP contribution is -2.00. The largest absolute Gasteiger partial charge is 0.431 e. The summed E-state index contributed by atoms with van der Waals surface area (Å²) in [5.41, 5.74) is 1.25. The second-order valence-corrected chi connectivity index (χ2v) is 6.63. The summed E-state index contributed by atoms with van der Waals surface area (Å²) in [4.78, 5) is 16.5. The highest BCUT2D eigenvalue weighted by Crippen LogP contribution is 2.30. The molecule has 0 bridgehead atoms. The Morgan fingerprint density at radius 2 is 1.81 bits per heavy atom. The van der Waals surface area contributed by atoms with Crippen molar-refractivity contribution in [2.75, 3.05) is 0 Å². The summed E-state index contributed by atoms with van der Waals surface area (Å²) >= 11 is 4.73. The molecule has 3 rings (SSSR count). The van der Waals surface area contributed by atoms with Gasteiger partial charge in [0.1, 0.15) is 5.75 Å². The quantitative estimate of drug-likeness (QED) is 0.620. The minimum absolute atomic E-state index is 0.0265. The molecule has 3 nitrogen and oxygen atoms in total. The summed E-state index contributed by atoms with van der Waals surface area (Å²) in [6.07, 6.45) is 1.68. The molecule has 0 N–H and O–H groups in total. The predicted molar refractivity (Wildman–Crippen MR) is 86.2 cm³/mol. The summed E-state index contributed by atoms with van der Waals surface area (Å²) < 4.78 is 6.55. The van der Waals surface area contributed by atoms with E-state index < -0.39 is 0 Å². The van der Waals surface area contributed by atoms with Crippen LogP contribution in [0.4, 0.5) is 0 Å². The average molecular weight is 360 g/mol. The molecule has 0 amide bonds. The van der Waals surface area contributed by atoms with Crippen LogP contribution in [0.2, 0.25) is 0 Å². The van der Waals surface area contributed by atoms with Gasteiger partial charge in [-0.15, -0.1) is 0 Å². The van der Waals surface area contributed by atoms with E-state index in [0.29, 0.717) is 22.1 Å². The lowest BCUT2D eigenvalue weighted by Gasteiger charge is -2.05. The van der Waals surface area contributed by atoms with Crippen LogP contribution in [0.5, 0.6) is 10.9 Å². The van der Waals surface area contributed by atoms with Crippen LogP contribution in [-0.4, -0.2) is 10.8 Å². The van der Waals surface area contributed by atoms with Crippen LogP contribution < -0.4 is 4.74 Å². The molecular formula is C16H10BrNO2S. The summed E-state index contributed by atoms with van der Waals surface area (Å²) in [6.45, 7) is 0. The van der Waals surface area contributed by atoms with Gasteiger partial charge in [0.25, 0.3) is 5.19 Å². The Kier molecular flexibility index (Phi) is 4.13. The number of carbonyl (C=O) groups excluding carboxylic acids is 1. The third-order valence-corrected chi connectivity index (χ3v) is 4.15. The van der Waals surface area contributed by atoms with Crippen molar-refractivity contribution in [2.24, 2.45) is 0 Å². The van der Waals surface area contributed by atoms with Crippen LogP contribution >= 0.6 is 27.3 Å². The smallest absolute Gasteiger partial charge is 0.279 e. The minimum atomic E-state index is -0.0265. The molecule has 0 aliphatic carbocycles. The van der Waals surface area contributed by atoms with E-state index in [4.69, 9.17) is 4.74 Å². The zero-order chi connectivity index (χ0) is 14.7. The second-order valence-electron chi connectivity index (χ2n) is 4.26. The molecule has 1 heterocycles. The van der Waals surface area contributed by atoms with Gasteiger partial charge in [-0.05, 0) is 28.1 Å². The van der Waals surface area contributed by atoms with Gasteiger partial charge >= 0.3 is 0 Å². The maximum atomic E-state index is 12.4. The molecule has 0 atom stereocenters. The summed E-state index contributed by atoms with van der Waals surface area (Å²) in [6, 6.07) is 16.3. The molecule has 0 aliphatic rings. The highest BCUT2D eigenvalue weighted by atomic mass is 79.9. The fraction of sp³-hybridized carbons (Fsp3) is 0. The number of carbonyl (C=O) groups is 1. The van der Waals surface area contributed by atoms with Crippen molar-refractivity contribution in [2.45, 2.75) is 0 Å². The van der Waals surface area contributed by atoms with E-state index in [1.165, 1.54) is 11.3 Å². The van der Waals surface area contributed by atoms with Crippen molar-refractivity contribution in [3.8, 4) is 10.9 Å². The van der Waals surface area contributed by atoms with Gasteiger partial charge < -0.3 is 4.74 Å². The Bertz CT molecular complexity index is 771. The molecule has 0 saturated heterocycles. The summed E-state index contributed by atoms with van der Waals surface area (Å²) in [5.74, 6) is 0.569. The Morgan fingerprint density at radius 3 is 2.52 bits per heavy atom. The summed E-state index contributed by atoms with van der Waals surface area (Å²) in [7, 11) is 0.